The highest BCUT2D eigenvalue weighted by Gasteiger charge is 2.29. The zero-order valence-electron chi connectivity index (χ0n) is 15.7. The number of fused-ring (bicyclic) bond motifs is 1. The van der Waals surface area contributed by atoms with Crippen LogP contribution in [-0.4, -0.2) is 34.2 Å². The van der Waals surface area contributed by atoms with Gasteiger partial charge in [0.2, 0.25) is 5.91 Å². The van der Waals surface area contributed by atoms with Crippen molar-refractivity contribution in [2.24, 2.45) is 5.92 Å². The first-order valence-corrected chi connectivity index (χ1v) is 10.8. The number of nitrogens with zero attached hydrogens (tertiary/aromatic N) is 2. The molecular weight excluding hydrogens is 382 g/mol. The minimum absolute atomic E-state index is 0.159. The van der Waals surface area contributed by atoms with E-state index < -0.39 is 0 Å². The van der Waals surface area contributed by atoms with Crippen molar-refractivity contribution in [3.8, 4) is 0 Å². The molecule has 0 bridgehead atoms. The van der Waals surface area contributed by atoms with Crippen LogP contribution in [0.5, 0.6) is 0 Å². The van der Waals surface area contributed by atoms with Gasteiger partial charge in [-0.1, -0.05) is 18.7 Å². The number of carbonyl (C=O) groups is 2. The van der Waals surface area contributed by atoms with E-state index in [-0.39, 0.29) is 17.6 Å². The van der Waals surface area contributed by atoms with Crippen molar-refractivity contribution in [2.75, 3.05) is 17.7 Å². The number of ether oxygens (including phenoxy) is 1. The lowest BCUT2D eigenvalue weighted by Gasteiger charge is -2.18. The molecule has 0 spiro atoms. The Bertz CT molecular complexity index is 851. The summed E-state index contributed by atoms with van der Waals surface area (Å²) in [6.45, 7) is 6.20. The highest BCUT2D eigenvalue weighted by atomic mass is 32.2. The number of thiophene rings is 1. The third kappa shape index (κ3) is 4.87. The van der Waals surface area contributed by atoms with E-state index in [0.29, 0.717) is 23.1 Å². The molecule has 27 heavy (non-hydrogen) atoms. The highest BCUT2D eigenvalue weighted by Crippen LogP contribution is 2.40. The summed E-state index contributed by atoms with van der Waals surface area (Å²) in [5, 5.41) is 4.28. The summed E-state index contributed by atoms with van der Waals surface area (Å²) in [5.41, 5.74) is 2.45. The second-order valence-electron chi connectivity index (χ2n) is 6.61. The zero-order valence-corrected chi connectivity index (χ0v) is 17.3. The van der Waals surface area contributed by atoms with Gasteiger partial charge in [-0.2, -0.15) is 0 Å². The van der Waals surface area contributed by atoms with E-state index in [4.69, 9.17) is 4.74 Å². The first-order valence-electron chi connectivity index (χ1n) is 9.00. The standard InChI is InChI=1S/C19H23N3O3S2/c1-4-25-19(24)17-13-6-5-11(2)7-14(13)27-18(17)22-15(23)9-26-16-8-12(3)20-10-21-16/h8,10-11H,4-7,9H2,1-3H3,(H,22,23)/t11-/m1/s1. The second kappa shape index (κ2) is 8.84. The Morgan fingerprint density at radius 1 is 1.41 bits per heavy atom. The lowest BCUT2D eigenvalue weighted by Crippen LogP contribution is -2.17. The lowest BCUT2D eigenvalue weighted by atomic mass is 9.88. The highest BCUT2D eigenvalue weighted by molar-refractivity contribution is 7.99. The van der Waals surface area contributed by atoms with Gasteiger partial charge in [0.25, 0.3) is 0 Å². The minimum Gasteiger partial charge on any atom is -0.462 e. The Morgan fingerprint density at radius 3 is 2.96 bits per heavy atom. The average Bonchev–Trinajstić information content (AvgIpc) is 2.97. The second-order valence-corrected chi connectivity index (χ2v) is 8.71. The number of hydrogen-bond donors (Lipinski definition) is 1. The van der Waals surface area contributed by atoms with E-state index in [1.807, 2.05) is 13.0 Å². The molecule has 0 radical (unpaired) electrons. The summed E-state index contributed by atoms with van der Waals surface area (Å²) in [5.74, 6) is 0.302. The Balaban J connectivity index is 1.75. The van der Waals surface area contributed by atoms with Crippen LogP contribution in [0, 0.1) is 12.8 Å². The summed E-state index contributed by atoms with van der Waals surface area (Å²) >= 11 is 2.85. The zero-order chi connectivity index (χ0) is 19.4. The van der Waals surface area contributed by atoms with Crippen molar-refractivity contribution in [3.05, 3.63) is 34.1 Å². The van der Waals surface area contributed by atoms with Gasteiger partial charge in [0.05, 0.1) is 17.9 Å². The predicted molar refractivity (Wildman–Crippen MR) is 108 cm³/mol. The summed E-state index contributed by atoms with van der Waals surface area (Å²) in [7, 11) is 0. The van der Waals surface area contributed by atoms with Crippen LogP contribution >= 0.6 is 23.1 Å². The van der Waals surface area contributed by atoms with E-state index in [1.165, 1.54) is 34.3 Å². The van der Waals surface area contributed by atoms with Crippen LogP contribution < -0.4 is 5.32 Å². The predicted octanol–water partition coefficient (Wildman–Crippen LogP) is 3.88. The van der Waals surface area contributed by atoms with Crippen molar-refractivity contribution in [3.63, 3.8) is 0 Å². The van der Waals surface area contributed by atoms with E-state index in [0.717, 1.165) is 35.5 Å². The number of anilines is 1. The molecule has 8 heteroatoms. The van der Waals surface area contributed by atoms with E-state index >= 15 is 0 Å². The van der Waals surface area contributed by atoms with Gasteiger partial charge in [-0.3, -0.25) is 4.79 Å². The number of rotatable bonds is 6. The van der Waals surface area contributed by atoms with Crippen LogP contribution in [0.25, 0.3) is 0 Å². The Hall–Kier alpha value is -1.93. The molecule has 1 aliphatic rings. The van der Waals surface area contributed by atoms with Crippen LogP contribution in [0.1, 0.15) is 46.8 Å². The van der Waals surface area contributed by atoms with Crippen LogP contribution in [0.2, 0.25) is 0 Å². The normalized spacial score (nSPS) is 15.9. The smallest absolute Gasteiger partial charge is 0.341 e. The molecule has 2 aromatic heterocycles. The maximum absolute atomic E-state index is 12.5. The third-order valence-electron chi connectivity index (χ3n) is 4.37. The molecule has 1 aliphatic carbocycles. The third-order valence-corrected chi connectivity index (χ3v) is 6.47. The largest absolute Gasteiger partial charge is 0.462 e. The molecule has 0 aromatic carbocycles. The first-order chi connectivity index (χ1) is 13.0. The van der Waals surface area contributed by atoms with E-state index in [2.05, 4.69) is 22.2 Å². The summed E-state index contributed by atoms with van der Waals surface area (Å²) in [4.78, 5) is 34.3. The molecule has 6 nitrogen and oxygen atoms in total. The van der Waals surface area contributed by atoms with Crippen molar-refractivity contribution in [1.82, 2.24) is 9.97 Å². The Labute approximate surface area is 167 Å². The van der Waals surface area contributed by atoms with Gasteiger partial charge in [0.15, 0.2) is 0 Å². The molecule has 1 atom stereocenters. The fraction of sp³-hybridized carbons (Fsp3) is 0.474. The van der Waals surface area contributed by atoms with Crippen LogP contribution in [0.15, 0.2) is 17.4 Å². The average molecular weight is 406 g/mol. The number of thioether (sulfide) groups is 1. The van der Waals surface area contributed by atoms with Gasteiger partial charge < -0.3 is 10.1 Å². The molecule has 144 valence electrons. The molecule has 0 fully saturated rings. The van der Waals surface area contributed by atoms with Crippen molar-refractivity contribution in [2.45, 2.75) is 45.1 Å². The van der Waals surface area contributed by atoms with E-state index in [9.17, 15) is 9.59 Å². The number of nitrogens with one attached hydrogen (secondary N) is 1. The van der Waals surface area contributed by atoms with Gasteiger partial charge in [0.1, 0.15) is 16.4 Å². The molecule has 1 amide bonds. The summed E-state index contributed by atoms with van der Waals surface area (Å²) in [6, 6.07) is 1.84. The molecule has 1 N–H and O–H groups in total. The van der Waals surface area contributed by atoms with Gasteiger partial charge in [0, 0.05) is 10.6 Å². The first kappa shape index (κ1) is 19.8. The van der Waals surface area contributed by atoms with Crippen LogP contribution in [-0.2, 0) is 22.4 Å². The molecule has 0 saturated heterocycles. The molecule has 2 aromatic rings. The van der Waals surface area contributed by atoms with Gasteiger partial charge >= 0.3 is 5.97 Å². The summed E-state index contributed by atoms with van der Waals surface area (Å²) in [6.07, 6.45) is 4.33. The number of aryl methyl sites for hydroxylation is 1. The van der Waals surface area contributed by atoms with E-state index in [1.54, 1.807) is 6.92 Å². The molecular formula is C19H23N3O3S2. The fourth-order valence-electron chi connectivity index (χ4n) is 3.07. The monoisotopic (exact) mass is 405 g/mol. The number of esters is 1. The molecule has 0 saturated carbocycles. The molecule has 2 heterocycles. The topological polar surface area (TPSA) is 81.2 Å². The van der Waals surface area contributed by atoms with Gasteiger partial charge in [-0.15, -0.1) is 11.3 Å². The molecule has 0 aliphatic heterocycles. The molecule has 0 unspecified atom stereocenters. The van der Waals surface area contributed by atoms with Crippen LogP contribution in [0.4, 0.5) is 5.00 Å². The maximum Gasteiger partial charge on any atom is 0.341 e. The van der Waals surface area contributed by atoms with Crippen LogP contribution in [0.3, 0.4) is 0 Å². The minimum atomic E-state index is -0.348. The summed E-state index contributed by atoms with van der Waals surface area (Å²) < 4.78 is 5.24. The number of hydrogen-bond acceptors (Lipinski definition) is 7. The van der Waals surface area contributed by atoms with Gasteiger partial charge in [-0.25, -0.2) is 14.8 Å². The SMILES string of the molecule is CCOC(=O)c1c(NC(=O)CSc2cc(C)ncn2)sc2c1CC[C@@H](C)C2. The van der Waals surface area contributed by atoms with Crippen molar-refractivity contribution < 1.29 is 14.3 Å². The fourth-order valence-corrected chi connectivity index (χ4v) is 5.21. The lowest BCUT2D eigenvalue weighted by molar-refractivity contribution is -0.113. The number of carbonyl (C=O) groups excluding carboxylic acids is 2. The quantitative estimate of drug-likeness (QED) is 0.446. The molecule has 3 rings (SSSR count). The number of aromatic nitrogens is 2. The Kier molecular flexibility index (Phi) is 6.49. The Morgan fingerprint density at radius 2 is 2.22 bits per heavy atom. The van der Waals surface area contributed by atoms with Gasteiger partial charge in [-0.05, 0) is 50.7 Å². The van der Waals surface area contributed by atoms with Crippen molar-refractivity contribution >= 4 is 40.0 Å². The number of amides is 1. The maximum atomic E-state index is 12.5. The van der Waals surface area contributed by atoms with Crippen molar-refractivity contribution in [1.29, 1.82) is 0 Å².